The topological polar surface area (TPSA) is 92.2 Å². The Kier molecular flexibility index (Phi) is 10.6. The number of aliphatic imine (C=N–C) groups is 1. The standard InChI is InChI=1S/C35H36BrN3O4/c36-31-17-8-7-16-29(31)25-35(34(41)39-37-22-9-13-26-11-3-1-4-12-26)32(27-14-5-2-6-15-27)43-33(38-35)28-18-20-30(21-19-28)42-24-10-23-40/h1-8,11-12,14-21,32,37,40H,9-10,13,22-25H2,(H,39,41)/t32-,35-/m0/s1. The second kappa shape index (κ2) is 15.0. The molecule has 8 heteroatoms. The first-order valence-corrected chi connectivity index (χ1v) is 15.3. The summed E-state index contributed by atoms with van der Waals surface area (Å²) in [5, 5.41) is 9.04. The minimum Gasteiger partial charge on any atom is -0.494 e. The summed E-state index contributed by atoms with van der Waals surface area (Å²) in [7, 11) is 0. The van der Waals surface area contributed by atoms with Crippen LogP contribution >= 0.6 is 15.9 Å². The van der Waals surface area contributed by atoms with Crippen LogP contribution in [0.1, 0.15) is 41.2 Å². The molecule has 4 aromatic rings. The fraction of sp³-hybridized carbons (Fsp3) is 0.257. The summed E-state index contributed by atoms with van der Waals surface area (Å²) >= 11 is 3.68. The molecule has 4 aromatic carbocycles. The monoisotopic (exact) mass is 641 g/mol. The summed E-state index contributed by atoms with van der Waals surface area (Å²) in [6.45, 7) is 1.11. The number of halogens is 1. The molecule has 0 bridgehead atoms. The molecule has 0 aromatic heterocycles. The molecule has 5 rings (SSSR count). The molecule has 0 unspecified atom stereocenters. The van der Waals surface area contributed by atoms with Gasteiger partial charge in [-0.2, -0.15) is 0 Å². The lowest BCUT2D eigenvalue weighted by Crippen LogP contribution is -2.54. The van der Waals surface area contributed by atoms with Gasteiger partial charge < -0.3 is 14.6 Å². The van der Waals surface area contributed by atoms with Crippen molar-refractivity contribution in [2.45, 2.75) is 37.3 Å². The van der Waals surface area contributed by atoms with Crippen molar-refractivity contribution in [2.75, 3.05) is 19.8 Å². The van der Waals surface area contributed by atoms with Crippen molar-refractivity contribution in [3.8, 4) is 5.75 Å². The number of hydrogen-bond acceptors (Lipinski definition) is 6. The molecule has 1 aliphatic heterocycles. The minimum absolute atomic E-state index is 0.0766. The van der Waals surface area contributed by atoms with E-state index in [1.807, 2.05) is 97.1 Å². The number of nitrogens with zero attached hydrogens (tertiary/aromatic N) is 1. The molecule has 0 saturated carbocycles. The number of carbonyl (C=O) groups is 1. The summed E-state index contributed by atoms with van der Waals surface area (Å²) in [4.78, 5) is 19.3. The first-order chi connectivity index (χ1) is 21.1. The van der Waals surface area contributed by atoms with Gasteiger partial charge in [0.1, 0.15) is 5.75 Å². The van der Waals surface area contributed by atoms with Crippen LogP contribution in [0.15, 0.2) is 119 Å². The Morgan fingerprint density at radius 1 is 0.907 bits per heavy atom. The van der Waals surface area contributed by atoms with Crippen molar-refractivity contribution < 1.29 is 19.4 Å². The highest BCUT2D eigenvalue weighted by Gasteiger charge is 2.53. The van der Waals surface area contributed by atoms with E-state index in [0.717, 1.165) is 34.0 Å². The molecule has 0 fully saturated rings. The summed E-state index contributed by atoms with van der Waals surface area (Å²) in [6.07, 6.45) is 1.98. The maximum atomic E-state index is 14.3. The summed E-state index contributed by atoms with van der Waals surface area (Å²) in [5.41, 5.74) is 8.63. The Morgan fingerprint density at radius 3 is 2.33 bits per heavy atom. The molecule has 0 saturated heterocycles. The molecule has 1 heterocycles. The normalized spacial score (nSPS) is 17.6. The van der Waals surface area contributed by atoms with Gasteiger partial charge in [-0.3, -0.25) is 10.2 Å². The lowest BCUT2D eigenvalue weighted by Gasteiger charge is -2.31. The predicted octanol–water partition coefficient (Wildman–Crippen LogP) is 5.96. The molecule has 7 nitrogen and oxygen atoms in total. The SMILES string of the molecule is O=C(NNCCCc1ccccc1)[C@@]1(Cc2ccccc2Br)N=C(c2ccc(OCCCO)cc2)O[C@H]1c1ccccc1. The predicted molar refractivity (Wildman–Crippen MR) is 172 cm³/mol. The van der Waals surface area contributed by atoms with E-state index in [0.29, 0.717) is 37.6 Å². The molecule has 3 N–H and O–H groups in total. The van der Waals surface area contributed by atoms with E-state index in [9.17, 15) is 4.79 Å². The largest absolute Gasteiger partial charge is 0.494 e. The highest BCUT2D eigenvalue weighted by molar-refractivity contribution is 9.10. The van der Waals surface area contributed by atoms with E-state index < -0.39 is 11.6 Å². The number of hydrogen-bond donors (Lipinski definition) is 3. The molecule has 0 spiro atoms. The first-order valence-electron chi connectivity index (χ1n) is 14.6. The molecule has 43 heavy (non-hydrogen) atoms. The van der Waals surface area contributed by atoms with Crippen molar-refractivity contribution in [1.82, 2.24) is 10.9 Å². The summed E-state index contributed by atoms with van der Waals surface area (Å²) in [6, 6.07) is 35.4. The van der Waals surface area contributed by atoms with E-state index in [4.69, 9.17) is 19.6 Å². The van der Waals surface area contributed by atoms with Crippen LogP contribution in [0.5, 0.6) is 5.75 Å². The molecule has 2 atom stereocenters. The fourth-order valence-electron chi connectivity index (χ4n) is 5.12. The van der Waals surface area contributed by atoms with Crippen LogP contribution in [0.2, 0.25) is 0 Å². The fourth-order valence-corrected chi connectivity index (χ4v) is 5.54. The van der Waals surface area contributed by atoms with E-state index in [-0.39, 0.29) is 12.5 Å². The van der Waals surface area contributed by atoms with Gasteiger partial charge in [-0.1, -0.05) is 94.8 Å². The first kappa shape index (κ1) is 30.5. The maximum absolute atomic E-state index is 14.3. The maximum Gasteiger partial charge on any atom is 0.266 e. The lowest BCUT2D eigenvalue weighted by molar-refractivity contribution is -0.130. The van der Waals surface area contributed by atoms with Crippen LogP contribution in [-0.2, 0) is 22.4 Å². The van der Waals surface area contributed by atoms with Gasteiger partial charge in [0.2, 0.25) is 5.90 Å². The van der Waals surface area contributed by atoms with Gasteiger partial charge in [-0.25, -0.2) is 10.4 Å². The Balaban J connectivity index is 1.43. The van der Waals surface area contributed by atoms with Gasteiger partial charge in [-0.15, -0.1) is 0 Å². The number of benzene rings is 4. The summed E-state index contributed by atoms with van der Waals surface area (Å²) in [5.74, 6) is 0.810. The van der Waals surface area contributed by atoms with Crippen molar-refractivity contribution in [1.29, 1.82) is 0 Å². The zero-order valence-corrected chi connectivity index (χ0v) is 25.5. The van der Waals surface area contributed by atoms with Gasteiger partial charge in [0.25, 0.3) is 5.91 Å². The van der Waals surface area contributed by atoms with E-state index in [1.54, 1.807) is 0 Å². The Morgan fingerprint density at radius 2 is 1.60 bits per heavy atom. The number of amides is 1. The van der Waals surface area contributed by atoms with Crippen LogP contribution in [0, 0.1) is 0 Å². The molecule has 1 amide bonds. The third-order valence-corrected chi connectivity index (χ3v) is 8.14. The van der Waals surface area contributed by atoms with Crippen LogP contribution in [0.3, 0.4) is 0 Å². The Hall–Kier alpha value is -3.98. The number of nitrogens with one attached hydrogen (secondary N) is 2. The van der Waals surface area contributed by atoms with Gasteiger partial charge in [0, 0.05) is 36.0 Å². The zero-order chi connectivity index (χ0) is 29.9. The smallest absolute Gasteiger partial charge is 0.266 e. The van der Waals surface area contributed by atoms with Crippen molar-refractivity contribution >= 4 is 27.7 Å². The molecule has 0 aliphatic carbocycles. The summed E-state index contributed by atoms with van der Waals surface area (Å²) < 4.78 is 13.2. The number of hydrazine groups is 1. The molecule has 0 radical (unpaired) electrons. The second-order valence-electron chi connectivity index (χ2n) is 10.4. The molecule has 1 aliphatic rings. The van der Waals surface area contributed by atoms with E-state index in [1.165, 1.54) is 5.56 Å². The molecular weight excluding hydrogens is 606 g/mol. The van der Waals surface area contributed by atoms with Crippen LogP contribution < -0.4 is 15.6 Å². The van der Waals surface area contributed by atoms with Crippen LogP contribution in [0.25, 0.3) is 0 Å². The number of carbonyl (C=O) groups excluding carboxylic acids is 1. The van der Waals surface area contributed by atoms with Gasteiger partial charge >= 0.3 is 0 Å². The number of rotatable bonds is 14. The van der Waals surface area contributed by atoms with Crippen LogP contribution in [0.4, 0.5) is 0 Å². The Labute approximate surface area is 261 Å². The quantitative estimate of drug-likeness (QED) is 0.117. The third kappa shape index (κ3) is 7.70. The van der Waals surface area contributed by atoms with Gasteiger partial charge in [-0.05, 0) is 59.9 Å². The number of aryl methyl sites for hydroxylation is 1. The zero-order valence-electron chi connectivity index (χ0n) is 23.9. The minimum atomic E-state index is -1.29. The van der Waals surface area contributed by atoms with Gasteiger partial charge in [0.15, 0.2) is 11.6 Å². The second-order valence-corrected chi connectivity index (χ2v) is 11.3. The average molecular weight is 643 g/mol. The average Bonchev–Trinajstić information content (AvgIpc) is 3.44. The van der Waals surface area contributed by atoms with Crippen LogP contribution in [-0.4, -0.2) is 42.2 Å². The highest BCUT2D eigenvalue weighted by Crippen LogP contribution is 2.43. The molecule has 222 valence electrons. The number of aliphatic hydroxyl groups is 1. The van der Waals surface area contributed by atoms with Crippen molar-refractivity contribution in [3.05, 3.63) is 136 Å². The highest BCUT2D eigenvalue weighted by atomic mass is 79.9. The Bertz CT molecular complexity index is 1500. The van der Waals surface area contributed by atoms with Gasteiger partial charge in [0.05, 0.1) is 6.61 Å². The van der Waals surface area contributed by atoms with Crippen molar-refractivity contribution in [3.63, 3.8) is 0 Å². The number of ether oxygens (including phenoxy) is 2. The third-order valence-electron chi connectivity index (χ3n) is 7.36. The lowest BCUT2D eigenvalue weighted by atomic mass is 9.82. The number of aliphatic hydroxyl groups excluding tert-OH is 1. The van der Waals surface area contributed by atoms with E-state index in [2.05, 4.69) is 38.9 Å². The molecular formula is C35H36BrN3O4. The van der Waals surface area contributed by atoms with E-state index >= 15 is 0 Å². The van der Waals surface area contributed by atoms with Crippen molar-refractivity contribution in [2.24, 2.45) is 4.99 Å².